The number of nitrogens with one attached hydrogen (secondary N) is 1. The number of aryl methyl sites for hydroxylation is 1. The molecule has 1 aromatic carbocycles. The van der Waals surface area contributed by atoms with Crippen LogP contribution in [-0.4, -0.2) is 11.9 Å². The van der Waals surface area contributed by atoms with Gasteiger partial charge in [0.05, 0.1) is 0 Å². The number of primary amides is 1. The zero-order valence-corrected chi connectivity index (χ0v) is 12.0. The quantitative estimate of drug-likeness (QED) is 0.878. The zero-order valence-electron chi connectivity index (χ0n) is 11.1. The monoisotopic (exact) mass is 274 g/mol. The van der Waals surface area contributed by atoms with Gasteiger partial charge in [-0.3, -0.25) is 4.79 Å². The lowest BCUT2D eigenvalue weighted by molar-refractivity contribution is -0.118. The fourth-order valence-corrected chi connectivity index (χ4v) is 2.98. The van der Waals surface area contributed by atoms with Gasteiger partial charge in [0.2, 0.25) is 5.91 Å². The van der Waals surface area contributed by atoms with Crippen LogP contribution < -0.4 is 11.1 Å². The summed E-state index contributed by atoms with van der Waals surface area (Å²) in [6.45, 7) is 4.06. The molecule has 2 rings (SSSR count). The van der Waals surface area contributed by atoms with Crippen LogP contribution in [0.15, 0.2) is 35.7 Å². The van der Waals surface area contributed by atoms with E-state index in [9.17, 15) is 4.79 Å². The molecule has 0 radical (unpaired) electrons. The fourth-order valence-electron chi connectivity index (χ4n) is 2.06. The molecule has 0 spiro atoms. The summed E-state index contributed by atoms with van der Waals surface area (Å²) in [6, 6.07) is 10.4. The van der Waals surface area contributed by atoms with Crippen molar-refractivity contribution in [2.75, 3.05) is 5.32 Å². The third-order valence-electron chi connectivity index (χ3n) is 2.91. The van der Waals surface area contributed by atoms with Crippen LogP contribution in [0.4, 0.5) is 5.69 Å². The van der Waals surface area contributed by atoms with Crippen LogP contribution in [0, 0.1) is 6.92 Å². The Balaban J connectivity index is 2.16. The molecule has 3 nitrogen and oxygen atoms in total. The Kier molecular flexibility index (Phi) is 4.22. The number of anilines is 1. The van der Waals surface area contributed by atoms with E-state index in [0.29, 0.717) is 6.42 Å². The van der Waals surface area contributed by atoms with E-state index in [0.717, 1.165) is 5.69 Å². The lowest BCUT2D eigenvalue weighted by Crippen LogP contribution is -2.23. The molecule has 2 aromatic rings. The van der Waals surface area contributed by atoms with Gasteiger partial charge in [0.15, 0.2) is 0 Å². The third kappa shape index (κ3) is 3.58. The molecule has 0 saturated carbocycles. The second-order valence-corrected chi connectivity index (χ2v) is 5.65. The van der Waals surface area contributed by atoms with E-state index in [-0.39, 0.29) is 11.9 Å². The molecule has 0 unspecified atom stereocenters. The first-order valence-corrected chi connectivity index (χ1v) is 7.13. The molecular weight excluding hydrogens is 256 g/mol. The number of benzene rings is 1. The molecule has 1 amide bonds. The Bertz CT molecular complexity index is 577. The SMILES string of the molecule is Cc1ccsc1-c1cccc(N[C@H](C)CC(N)=O)c1. The van der Waals surface area contributed by atoms with Crippen molar-refractivity contribution >= 4 is 22.9 Å². The third-order valence-corrected chi connectivity index (χ3v) is 3.97. The lowest BCUT2D eigenvalue weighted by atomic mass is 10.1. The maximum atomic E-state index is 10.9. The number of hydrogen-bond donors (Lipinski definition) is 2. The predicted octanol–water partition coefficient (Wildman–Crippen LogP) is 3.40. The van der Waals surface area contributed by atoms with Gasteiger partial charge in [-0.25, -0.2) is 0 Å². The number of nitrogens with two attached hydrogens (primary N) is 1. The summed E-state index contributed by atoms with van der Waals surface area (Å²) in [6.07, 6.45) is 0.336. The van der Waals surface area contributed by atoms with Gasteiger partial charge < -0.3 is 11.1 Å². The van der Waals surface area contributed by atoms with E-state index in [2.05, 4.69) is 35.8 Å². The Hall–Kier alpha value is -1.81. The molecule has 0 aliphatic rings. The van der Waals surface area contributed by atoms with Gasteiger partial charge >= 0.3 is 0 Å². The standard InChI is InChI=1S/C15H18N2OS/c1-10-6-7-19-15(10)12-4-3-5-13(9-12)17-11(2)8-14(16)18/h3-7,9,11,17H,8H2,1-2H3,(H2,16,18)/t11-/m1/s1. The number of hydrogen-bond acceptors (Lipinski definition) is 3. The molecule has 100 valence electrons. The number of carbonyl (C=O) groups is 1. The first-order valence-electron chi connectivity index (χ1n) is 6.25. The number of amides is 1. The highest BCUT2D eigenvalue weighted by atomic mass is 32.1. The van der Waals surface area contributed by atoms with Gasteiger partial charge in [0, 0.05) is 23.0 Å². The van der Waals surface area contributed by atoms with Crippen molar-refractivity contribution in [3.63, 3.8) is 0 Å². The number of thiophene rings is 1. The number of rotatable bonds is 5. The highest BCUT2D eigenvalue weighted by molar-refractivity contribution is 7.13. The smallest absolute Gasteiger partial charge is 0.219 e. The second kappa shape index (κ2) is 5.89. The van der Waals surface area contributed by atoms with Gasteiger partial charge in [-0.2, -0.15) is 0 Å². The van der Waals surface area contributed by atoms with E-state index in [1.54, 1.807) is 11.3 Å². The van der Waals surface area contributed by atoms with Crippen molar-refractivity contribution < 1.29 is 4.79 Å². The summed E-state index contributed by atoms with van der Waals surface area (Å²) in [4.78, 5) is 12.2. The molecule has 1 atom stereocenters. The van der Waals surface area contributed by atoms with Crippen LogP contribution >= 0.6 is 11.3 Å². The van der Waals surface area contributed by atoms with Crippen LogP contribution in [0.5, 0.6) is 0 Å². The van der Waals surface area contributed by atoms with Crippen LogP contribution in [0.25, 0.3) is 10.4 Å². The largest absolute Gasteiger partial charge is 0.382 e. The van der Waals surface area contributed by atoms with Crippen molar-refractivity contribution in [3.8, 4) is 10.4 Å². The minimum Gasteiger partial charge on any atom is -0.382 e. The second-order valence-electron chi connectivity index (χ2n) is 4.73. The van der Waals surface area contributed by atoms with E-state index < -0.39 is 0 Å². The Labute approximate surface area is 117 Å². The van der Waals surface area contributed by atoms with Crippen LogP contribution in [-0.2, 0) is 4.79 Å². The maximum Gasteiger partial charge on any atom is 0.219 e. The highest BCUT2D eigenvalue weighted by Crippen LogP contribution is 2.30. The zero-order chi connectivity index (χ0) is 13.8. The first-order chi connectivity index (χ1) is 9.06. The molecule has 1 aromatic heterocycles. The molecule has 0 saturated heterocycles. The van der Waals surface area contributed by atoms with Crippen molar-refractivity contribution in [3.05, 3.63) is 41.3 Å². The lowest BCUT2D eigenvalue weighted by Gasteiger charge is -2.14. The summed E-state index contributed by atoms with van der Waals surface area (Å²) >= 11 is 1.74. The van der Waals surface area contributed by atoms with E-state index >= 15 is 0 Å². The summed E-state index contributed by atoms with van der Waals surface area (Å²) in [7, 11) is 0. The van der Waals surface area contributed by atoms with E-state index in [1.807, 2.05) is 19.1 Å². The van der Waals surface area contributed by atoms with Crippen molar-refractivity contribution in [1.82, 2.24) is 0 Å². The number of carbonyl (C=O) groups excluding carboxylic acids is 1. The molecule has 0 aliphatic carbocycles. The summed E-state index contributed by atoms with van der Waals surface area (Å²) < 4.78 is 0. The molecule has 0 aliphatic heterocycles. The van der Waals surface area contributed by atoms with Gasteiger partial charge in [0.1, 0.15) is 0 Å². The molecule has 0 fully saturated rings. The molecular formula is C15H18N2OS. The average Bonchev–Trinajstić information content (AvgIpc) is 2.74. The van der Waals surface area contributed by atoms with Crippen LogP contribution in [0.1, 0.15) is 18.9 Å². The van der Waals surface area contributed by atoms with Crippen LogP contribution in [0.3, 0.4) is 0 Å². The highest BCUT2D eigenvalue weighted by Gasteiger charge is 2.08. The van der Waals surface area contributed by atoms with Crippen molar-refractivity contribution in [2.24, 2.45) is 5.73 Å². The summed E-state index contributed by atoms with van der Waals surface area (Å²) in [5.41, 5.74) is 8.69. The average molecular weight is 274 g/mol. The predicted molar refractivity (Wildman–Crippen MR) is 81.4 cm³/mol. The van der Waals surface area contributed by atoms with Crippen molar-refractivity contribution in [1.29, 1.82) is 0 Å². The first kappa shape index (κ1) is 13.6. The molecule has 19 heavy (non-hydrogen) atoms. The summed E-state index contributed by atoms with van der Waals surface area (Å²) in [5, 5.41) is 5.40. The van der Waals surface area contributed by atoms with E-state index in [4.69, 9.17) is 5.73 Å². The van der Waals surface area contributed by atoms with Gasteiger partial charge in [-0.15, -0.1) is 11.3 Å². The fraction of sp³-hybridized carbons (Fsp3) is 0.267. The van der Waals surface area contributed by atoms with Gasteiger partial charge in [0.25, 0.3) is 0 Å². The molecule has 4 heteroatoms. The Morgan fingerprint density at radius 2 is 2.21 bits per heavy atom. The summed E-state index contributed by atoms with van der Waals surface area (Å²) in [5.74, 6) is -0.287. The molecule has 1 heterocycles. The van der Waals surface area contributed by atoms with Gasteiger partial charge in [-0.05, 0) is 48.6 Å². The Morgan fingerprint density at radius 3 is 2.84 bits per heavy atom. The minimum absolute atomic E-state index is 0.0391. The Morgan fingerprint density at radius 1 is 1.42 bits per heavy atom. The normalized spacial score (nSPS) is 12.1. The molecule has 3 N–H and O–H groups in total. The topological polar surface area (TPSA) is 55.1 Å². The van der Waals surface area contributed by atoms with Crippen LogP contribution in [0.2, 0.25) is 0 Å². The van der Waals surface area contributed by atoms with Crippen molar-refractivity contribution in [2.45, 2.75) is 26.3 Å². The van der Waals surface area contributed by atoms with Gasteiger partial charge in [-0.1, -0.05) is 12.1 Å². The minimum atomic E-state index is -0.287. The molecule has 0 bridgehead atoms. The van der Waals surface area contributed by atoms with E-state index in [1.165, 1.54) is 16.0 Å². The maximum absolute atomic E-state index is 10.9.